The molecule has 0 saturated heterocycles. The highest BCUT2D eigenvalue weighted by molar-refractivity contribution is 14.1. The molecule has 0 radical (unpaired) electrons. The average molecular weight is 387 g/mol. The van der Waals surface area contributed by atoms with Crippen molar-refractivity contribution in [1.29, 1.82) is 0 Å². The lowest BCUT2D eigenvalue weighted by molar-refractivity contribution is -0.385. The molecule has 0 aliphatic rings. The van der Waals surface area contributed by atoms with E-state index in [9.17, 15) is 19.3 Å². The van der Waals surface area contributed by atoms with Crippen LogP contribution in [-0.4, -0.2) is 10.9 Å². The molecule has 0 N–H and O–H groups in total. The second-order valence-electron chi connectivity index (χ2n) is 3.77. The van der Waals surface area contributed by atoms with Gasteiger partial charge < -0.3 is 4.74 Å². The monoisotopic (exact) mass is 387 g/mol. The summed E-state index contributed by atoms with van der Waals surface area (Å²) >= 11 is 2.07. The molecule has 7 heteroatoms. The van der Waals surface area contributed by atoms with E-state index in [2.05, 4.69) is 22.6 Å². The van der Waals surface area contributed by atoms with Crippen LogP contribution >= 0.6 is 22.6 Å². The van der Waals surface area contributed by atoms with Crippen molar-refractivity contribution in [3.63, 3.8) is 0 Å². The molecule has 0 bridgehead atoms. The highest BCUT2D eigenvalue weighted by Gasteiger charge is 2.19. The van der Waals surface area contributed by atoms with Crippen LogP contribution in [0.3, 0.4) is 0 Å². The van der Waals surface area contributed by atoms with Crippen molar-refractivity contribution >= 4 is 34.2 Å². The Bertz CT molecular complexity index is 673. The Labute approximate surface area is 126 Å². The molecule has 0 unspecified atom stereocenters. The van der Waals surface area contributed by atoms with E-state index in [0.29, 0.717) is 0 Å². The van der Waals surface area contributed by atoms with Crippen LogP contribution in [0.25, 0.3) is 0 Å². The molecule has 20 heavy (non-hydrogen) atoms. The normalized spacial score (nSPS) is 10.1. The Morgan fingerprint density at radius 3 is 2.45 bits per heavy atom. The number of ether oxygens (including phenoxy) is 1. The summed E-state index contributed by atoms with van der Waals surface area (Å²) in [6.07, 6.45) is 0. The van der Waals surface area contributed by atoms with E-state index in [1.54, 1.807) is 12.1 Å². The summed E-state index contributed by atoms with van der Waals surface area (Å²) in [5.74, 6) is -1.92. The van der Waals surface area contributed by atoms with Crippen LogP contribution in [0.2, 0.25) is 0 Å². The summed E-state index contributed by atoms with van der Waals surface area (Å²) in [6, 6.07) is 9.12. The van der Waals surface area contributed by atoms with Gasteiger partial charge in [0.1, 0.15) is 5.82 Å². The van der Waals surface area contributed by atoms with Crippen molar-refractivity contribution in [2.24, 2.45) is 0 Å². The smallest absolute Gasteiger partial charge is 0.343 e. The van der Waals surface area contributed by atoms with E-state index in [1.165, 1.54) is 12.1 Å². The molecule has 2 aromatic carbocycles. The van der Waals surface area contributed by atoms with Crippen molar-refractivity contribution in [3.8, 4) is 5.75 Å². The molecule has 5 nitrogen and oxygen atoms in total. The number of nitro benzene ring substituents is 1. The summed E-state index contributed by atoms with van der Waals surface area (Å²) in [4.78, 5) is 21.9. The predicted octanol–water partition coefficient (Wildman–Crippen LogP) is 3.56. The lowest BCUT2D eigenvalue weighted by Crippen LogP contribution is -2.10. The number of benzene rings is 2. The van der Waals surface area contributed by atoms with Gasteiger partial charge in [-0.25, -0.2) is 9.18 Å². The van der Waals surface area contributed by atoms with E-state index >= 15 is 0 Å². The fourth-order valence-corrected chi connectivity index (χ4v) is 1.82. The van der Waals surface area contributed by atoms with Gasteiger partial charge >= 0.3 is 11.7 Å². The Morgan fingerprint density at radius 2 is 1.85 bits per heavy atom. The zero-order valence-electron chi connectivity index (χ0n) is 9.88. The summed E-state index contributed by atoms with van der Waals surface area (Å²) < 4.78 is 18.9. The quantitative estimate of drug-likeness (QED) is 0.266. The van der Waals surface area contributed by atoms with Crippen LogP contribution < -0.4 is 4.74 Å². The molecule has 0 saturated carbocycles. The number of carbonyl (C=O) groups excluding carboxylic acids is 1. The minimum Gasteiger partial charge on any atom is -0.415 e. The number of hydrogen-bond acceptors (Lipinski definition) is 4. The van der Waals surface area contributed by atoms with Crippen LogP contribution in [0.15, 0.2) is 42.5 Å². The third kappa shape index (κ3) is 3.29. The zero-order chi connectivity index (χ0) is 14.7. The predicted molar refractivity (Wildman–Crippen MR) is 77.2 cm³/mol. The van der Waals surface area contributed by atoms with Crippen molar-refractivity contribution in [2.45, 2.75) is 0 Å². The first-order chi connectivity index (χ1) is 9.47. The van der Waals surface area contributed by atoms with Gasteiger partial charge in [0, 0.05) is 15.7 Å². The summed E-state index contributed by atoms with van der Waals surface area (Å²) in [5, 5.41) is 10.8. The molecular weight excluding hydrogens is 380 g/mol. The van der Waals surface area contributed by atoms with Gasteiger partial charge in [0.2, 0.25) is 5.75 Å². The molecular formula is C13H7FINO4. The van der Waals surface area contributed by atoms with Gasteiger partial charge in [-0.3, -0.25) is 10.1 Å². The van der Waals surface area contributed by atoms with Gasteiger partial charge in [0.15, 0.2) is 0 Å². The maximum absolute atomic E-state index is 13.1. The van der Waals surface area contributed by atoms with Gasteiger partial charge in [-0.05, 0) is 52.9 Å². The maximum atomic E-state index is 13.1. The topological polar surface area (TPSA) is 69.4 Å². The number of nitrogens with zero attached hydrogens (tertiary/aromatic N) is 1. The van der Waals surface area contributed by atoms with Crippen molar-refractivity contribution in [2.75, 3.05) is 0 Å². The lowest BCUT2D eigenvalue weighted by Gasteiger charge is -2.05. The van der Waals surface area contributed by atoms with Crippen LogP contribution in [0.5, 0.6) is 5.75 Å². The minimum absolute atomic E-state index is 0.226. The van der Waals surface area contributed by atoms with Crippen LogP contribution in [0, 0.1) is 19.5 Å². The molecule has 0 atom stereocenters. The number of rotatable bonds is 3. The Kier molecular flexibility index (Phi) is 4.28. The lowest BCUT2D eigenvalue weighted by atomic mass is 10.2. The molecule has 0 heterocycles. The zero-order valence-corrected chi connectivity index (χ0v) is 12.0. The van der Waals surface area contributed by atoms with Gasteiger partial charge in [0.25, 0.3) is 0 Å². The fourth-order valence-electron chi connectivity index (χ4n) is 1.47. The molecule has 0 fully saturated rings. The third-order valence-corrected chi connectivity index (χ3v) is 3.12. The second kappa shape index (κ2) is 5.95. The first-order valence-corrected chi connectivity index (χ1v) is 6.47. The average Bonchev–Trinajstić information content (AvgIpc) is 2.39. The van der Waals surface area contributed by atoms with E-state index in [-0.39, 0.29) is 5.56 Å². The summed E-state index contributed by atoms with van der Waals surface area (Å²) in [7, 11) is 0. The van der Waals surface area contributed by atoms with E-state index in [4.69, 9.17) is 4.74 Å². The third-order valence-electron chi connectivity index (χ3n) is 2.40. The molecule has 0 amide bonds. The highest BCUT2D eigenvalue weighted by atomic mass is 127. The molecule has 2 rings (SSSR count). The number of halogens is 2. The molecule has 0 aromatic heterocycles. The van der Waals surface area contributed by atoms with E-state index in [1.807, 2.05) is 0 Å². The van der Waals surface area contributed by atoms with Crippen LogP contribution in [0.1, 0.15) is 10.4 Å². The number of nitro groups is 1. The van der Waals surface area contributed by atoms with Gasteiger partial charge in [-0.15, -0.1) is 0 Å². The standard InChI is InChI=1S/C13H7FINO4/c14-9-3-6-11(16(18)19)12(7-9)20-13(17)8-1-4-10(15)5-2-8/h1-7H. The molecule has 2 aromatic rings. The number of carbonyl (C=O) groups is 1. The minimum atomic E-state index is -0.782. The first kappa shape index (κ1) is 14.4. The molecule has 102 valence electrons. The van der Waals surface area contributed by atoms with Gasteiger partial charge in [0.05, 0.1) is 10.5 Å². The van der Waals surface area contributed by atoms with Crippen LogP contribution in [0.4, 0.5) is 10.1 Å². The number of esters is 1. The van der Waals surface area contributed by atoms with Crippen LogP contribution in [-0.2, 0) is 0 Å². The van der Waals surface area contributed by atoms with E-state index < -0.39 is 28.1 Å². The second-order valence-corrected chi connectivity index (χ2v) is 5.01. The van der Waals surface area contributed by atoms with Crippen molar-refractivity contribution in [1.82, 2.24) is 0 Å². The summed E-state index contributed by atoms with van der Waals surface area (Å²) in [5.41, 5.74) is -0.241. The number of hydrogen-bond donors (Lipinski definition) is 0. The van der Waals surface area contributed by atoms with Crippen molar-refractivity contribution < 1.29 is 18.8 Å². The Hall–Kier alpha value is -2.03. The molecule has 0 aliphatic carbocycles. The SMILES string of the molecule is O=C(Oc1cc(F)ccc1[N+](=O)[O-])c1ccc(I)cc1. The van der Waals surface area contributed by atoms with Gasteiger partial charge in [-0.2, -0.15) is 0 Å². The van der Waals surface area contributed by atoms with Gasteiger partial charge in [-0.1, -0.05) is 0 Å². The van der Waals surface area contributed by atoms with Crippen molar-refractivity contribution in [3.05, 3.63) is 67.5 Å². The Balaban J connectivity index is 2.29. The Morgan fingerprint density at radius 1 is 1.20 bits per heavy atom. The van der Waals surface area contributed by atoms with E-state index in [0.717, 1.165) is 21.8 Å². The largest absolute Gasteiger partial charge is 0.415 e. The highest BCUT2D eigenvalue weighted by Crippen LogP contribution is 2.28. The molecule has 0 aliphatic heterocycles. The first-order valence-electron chi connectivity index (χ1n) is 5.39. The summed E-state index contributed by atoms with van der Waals surface area (Å²) in [6.45, 7) is 0. The maximum Gasteiger partial charge on any atom is 0.343 e. The fraction of sp³-hybridized carbons (Fsp3) is 0. The molecule has 0 spiro atoms.